The van der Waals surface area contributed by atoms with Gasteiger partial charge in [0.15, 0.2) is 0 Å². The molecule has 3 N–H and O–H groups in total. The lowest BCUT2D eigenvalue weighted by atomic mass is 9.86. The minimum atomic E-state index is 0.180. The van der Waals surface area contributed by atoms with Crippen LogP contribution in [0.4, 0.5) is 5.69 Å². The molecule has 0 aromatic heterocycles. The summed E-state index contributed by atoms with van der Waals surface area (Å²) in [6.45, 7) is 14.0. The molecule has 1 aromatic rings. The van der Waals surface area contributed by atoms with Crippen molar-refractivity contribution < 1.29 is 4.74 Å². The first-order valence-corrected chi connectivity index (χ1v) is 12.3. The first-order valence-electron chi connectivity index (χ1n) is 12.3. The second-order valence-electron chi connectivity index (χ2n) is 9.61. The van der Waals surface area contributed by atoms with Gasteiger partial charge >= 0.3 is 0 Å². The lowest BCUT2D eigenvalue weighted by Gasteiger charge is -2.28. The Kier molecular flexibility index (Phi) is 8.36. The lowest BCUT2D eigenvalue weighted by molar-refractivity contribution is 0.0428. The molecule has 3 unspecified atom stereocenters. The van der Waals surface area contributed by atoms with E-state index in [9.17, 15) is 0 Å². The van der Waals surface area contributed by atoms with Crippen molar-refractivity contribution in [1.29, 1.82) is 5.41 Å². The molecule has 1 aliphatic heterocycles. The van der Waals surface area contributed by atoms with Crippen molar-refractivity contribution >= 4 is 11.5 Å². The highest BCUT2D eigenvalue weighted by molar-refractivity contribution is 6.10. The topological polar surface area (TPSA) is 57.1 Å². The van der Waals surface area contributed by atoms with Gasteiger partial charge in [0.1, 0.15) is 5.84 Å². The maximum Gasteiger partial charge on any atom is 0.132 e. The van der Waals surface area contributed by atoms with Crippen molar-refractivity contribution in [2.24, 2.45) is 5.92 Å². The van der Waals surface area contributed by atoms with E-state index < -0.39 is 0 Å². The molecule has 4 heteroatoms. The van der Waals surface area contributed by atoms with E-state index >= 15 is 0 Å². The van der Waals surface area contributed by atoms with E-state index in [1.807, 2.05) is 12.3 Å². The molecule has 0 bridgehead atoms. The van der Waals surface area contributed by atoms with E-state index in [2.05, 4.69) is 70.4 Å². The van der Waals surface area contributed by atoms with Crippen LogP contribution in [-0.4, -0.2) is 18.5 Å². The maximum atomic E-state index is 8.78. The van der Waals surface area contributed by atoms with Gasteiger partial charge in [0.2, 0.25) is 0 Å². The number of rotatable bonds is 9. The van der Waals surface area contributed by atoms with E-state index in [-0.39, 0.29) is 6.10 Å². The average molecular weight is 436 g/mol. The third kappa shape index (κ3) is 5.72. The average Bonchev–Trinajstić information content (AvgIpc) is 2.72. The summed E-state index contributed by atoms with van der Waals surface area (Å²) in [5.74, 6) is 1.50. The van der Waals surface area contributed by atoms with E-state index in [1.165, 1.54) is 29.5 Å². The number of ether oxygens (including phenoxy) is 1. The molecule has 1 fully saturated rings. The largest absolute Gasteiger partial charge is 0.378 e. The number of anilines is 1. The highest BCUT2D eigenvalue weighted by Gasteiger charge is 2.23. The van der Waals surface area contributed by atoms with Crippen molar-refractivity contribution in [3.05, 3.63) is 64.0 Å². The van der Waals surface area contributed by atoms with Crippen LogP contribution in [0.1, 0.15) is 83.8 Å². The summed E-state index contributed by atoms with van der Waals surface area (Å²) in [6, 6.07) is 6.44. The highest BCUT2D eigenvalue weighted by Crippen LogP contribution is 2.34. The number of allylic oxidation sites excluding steroid dienone is 3. The maximum absolute atomic E-state index is 8.78. The molecule has 1 saturated carbocycles. The SMILES string of the molecule is CCC(C)CCOC(C)C(C)c1ccc(NC(=N)C2=C(C)C=CNC2=C2CCC2)cc1C. The summed E-state index contributed by atoms with van der Waals surface area (Å²) in [4.78, 5) is 0. The van der Waals surface area contributed by atoms with Gasteiger partial charge in [0.05, 0.1) is 6.10 Å². The van der Waals surface area contributed by atoms with Crippen molar-refractivity contribution in [1.82, 2.24) is 5.32 Å². The Hall–Kier alpha value is -2.33. The molecule has 32 heavy (non-hydrogen) atoms. The van der Waals surface area contributed by atoms with E-state index in [0.717, 1.165) is 48.4 Å². The van der Waals surface area contributed by atoms with Crippen molar-refractivity contribution in [3.8, 4) is 0 Å². The van der Waals surface area contributed by atoms with Gasteiger partial charge in [0.25, 0.3) is 0 Å². The third-order valence-electron chi connectivity index (χ3n) is 7.19. The molecule has 0 amide bonds. The van der Waals surface area contributed by atoms with Crippen LogP contribution in [0.2, 0.25) is 0 Å². The third-order valence-corrected chi connectivity index (χ3v) is 7.19. The highest BCUT2D eigenvalue weighted by atomic mass is 16.5. The van der Waals surface area contributed by atoms with Gasteiger partial charge in [0, 0.05) is 35.7 Å². The van der Waals surface area contributed by atoms with Crippen LogP contribution in [0.25, 0.3) is 0 Å². The number of nitrogens with one attached hydrogen (secondary N) is 3. The van der Waals surface area contributed by atoms with Gasteiger partial charge < -0.3 is 15.4 Å². The lowest BCUT2D eigenvalue weighted by Crippen LogP contribution is -2.26. The molecule has 174 valence electrons. The van der Waals surface area contributed by atoms with E-state index in [1.54, 1.807) is 0 Å². The zero-order valence-corrected chi connectivity index (χ0v) is 20.8. The Labute approximate surface area is 194 Å². The van der Waals surface area contributed by atoms with Crippen LogP contribution in [0.3, 0.4) is 0 Å². The minimum Gasteiger partial charge on any atom is -0.378 e. The van der Waals surface area contributed by atoms with Gasteiger partial charge in [-0.15, -0.1) is 0 Å². The molecule has 0 radical (unpaired) electrons. The summed E-state index contributed by atoms with van der Waals surface area (Å²) in [7, 11) is 0. The molecular weight excluding hydrogens is 394 g/mol. The van der Waals surface area contributed by atoms with Gasteiger partial charge in [-0.2, -0.15) is 0 Å². The van der Waals surface area contributed by atoms with Gasteiger partial charge in [-0.25, -0.2) is 0 Å². The van der Waals surface area contributed by atoms with Gasteiger partial charge in [-0.1, -0.05) is 33.3 Å². The first-order chi connectivity index (χ1) is 15.3. The number of amidine groups is 1. The molecule has 1 heterocycles. The summed E-state index contributed by atoms with van der Waals surface area (Å²) in [5.41, 5.74) is 8.17. The predicted octanol–water partition coefficient (Wildman–Crippen LogP) is 7.20. The molecule has 1 aromatic carbocycles. The molecule has 3 rings (SSSR count). The number of hydrogen-bond acceptors (Lipinski definition) is 3. The predicted molar refractivity (Wildman–Crippen MR) is 136 cm³/mol. The van der Waals surface area contributed by atoms with E-state index in [0.29, 0.717) is 17.7 Å². The van der Waals surface area contributed by atoms with Gasteiger partial charge in [-0.05, 0) is 92.9 Å². The number of hydrogen-bond donors (Lipinski definition) is 3. The number of benzene rings is 1. The summed E-state index contributed by atoms with van der Waals surface area (Å²) in [6.07, 6.45) is 10.0. The molecular formula is C28H41N3O. The second kappa shape index (κ2) is 11.0. The fraction of sp³-hybridized carbons (Fsp3) is 0.536. The summed E-state index contributed by atoms with van der Waals surface area (Å²) >= 11 is 0. The molecule has 4 nitrogen and oxygen atoms in total. The summed E-state index contributed by atoms with van der Waals surface area (Å²) in [5, 5.41) is 15.5. The fourth-order valence-electron chi connectivity index (χ4n) is 4.33. The Morgan fingerprint density at radius 1 is 1.19 bits per heavy atom. The van der Waals surface area contributed by atoms with Crippen molar-refractivity contribution in [2.75, 3.05) is 11.9 Å². The Morgan fingerprint density at radius 3 is 2.56 bits per heavy atom. The fourth-order valence-corrected chi connectivity index (χ4v) is 4.33. The van der Waals surface area contributed by atoms with E-state index in [4.69, 9.17) is 10.1 Å². The molecule has 2 aliphatic rings. The number of aryl methyl sites for hydroxylation is 1. The van der Waals surface area contributed by atoms with Gasteiger partial charge in [-0.3, -0.25) is 5.41 Å². The van der Waals surface area contributed by atoms with Crippen LogP contribution in [-0.2, 0) is 4.74 Å². The smallest absolute Gasteiger partial charge is 0.132 e. The Morgan fingerprint density at radius 2 is 1.94 bits per heavy atom. The van der Waals surface area contributed by atoms with Crippen LogP contribution in [0.15, 0.2) is 52.9 Å². The zero-order chi connectivity index (χ0) is 23.3. The Bertz CT molecular complexity index is 919. The van der Waals surface area contributed by atoms with Crippen LogP contribution in [0, 0.1) is 18.3 Å². The monoisotopic (exact) mass is 435 g/mol. The number of dihydropyridines is 1. The molecule has 1 aliphatic carbocycles. The zero-order valence-electron chi connectivity index (χ0n) is 20.8. The van der Waals surface area contributed by atoms with Crippen molar-refractivity contribution in [3.63, 3.8) is 0 Å². The van der Waals surface area contributed by atoms with Crippen LogP contribution in [0.5, 0.6) is 0 Å². The molecule has 3 atom stereocenters. The van der Waals surface area contributed by atoms with Crippen LogP contribution < -0.4 is 10.6 Å². The molecule has 0 saturated heterocycles. The quantitative estimate of drug-likeness (QED) is 0.284. The second-order valence-corrected chi connectivity index (χ2v) is 9.61. The van der Waals surface area contributed by atoms with Crippen LogP contribution >= 0.6 is 0 Å². The first kappa shape index (κ1) is 24.3. The molecule has 0 spiro atoms. The minimum absolute atomic E-state index is 0.180. The normalized spacial score (nSPS) is 18.7. The standard InChI is InChI=1S/C28H41N3O/c1-7-18(2)14-16-32-22(6)21(5)25-12-11-24(17-20(25)4)31-28(29)26-19(3)13-15-30-27(26)23-9-8-10-23/h11-13,15,17-18,21-22,30H,7-10,14,16H2,1-6H3,(H2,29,31). The summed E-state index contributed by atoms with van der Waals surface area (Å²) < 4.78 is 6.15. The Balaban J connectivity index is 1.67. The van der Waals surface area contributed by atoms with Crippen molar-refractivity contribution in [2.45, 2.75) is 85.7 Å².